The van der Waals surface area contributed by atoms with Crippen molar-refractivity contribution in [2.75, 3.05) is 0 Å². The highest BCUT2D eigenvalue weighted by Crippen LogP contribution is 2.18. The molecule has 1 aromatic carbocycles. The van der Waals surface area contributed by atoms with E-state index in [0.29, 0.717) is 18.1 Å². The Morgan fingerprint density at radius 1 is 1.29 bits per heavy atom. The average molecular weight is 283 g/mol. The van der Waals surface area contributed by atoms with Gasteiger partial charge in [0.25, 0.3) is 0 Å². The molecule has 0 saturated heterocycles. The lowest BCUT2D eigenvalue weighted by Crippen LogP contribution is -2.11. The molecule has 0 amide bonds. The molecule has 3 rings (SSSR count). The first-order valence-electron chi connectivity index (χ1n) is 6.84. The molecule has 6 nitrogen and oxygen atoms in total. The highest BCUT2D eigenvalue weighted by molar-refractivity contribution is 5.50. The summed E-state index contributed by atoms with van der Waals surface area (Å²) >= 11 is 0. The molecule has 0 radical (unpaired) electrons. The van der Waals surface area contributed by atoms with Crippen LogP contribution in [0.3, 0.4) is 0 Å². The molecule has 21 heavy (non-hydrogen) atoms. The summed E-state index contributed by atoms with van der Waals surface area (Å²) in [5.74, 6) is 1.16. The van der Waals surface area contributed by atoms with Crippen LogP contribution in [0.4, 0.5) is 0 Å². The summed E-state index contributed by atoms with van der Waals surface area (Å²) in [6.07, 6.45) is 4.98. The van der Waals surface area contributed by atoms with Crippen LogP contribution >= 0.6 is 0 Å². The molecular formula is C15H17N5O. The second kappa shape index (κ2) is 5.88. The summed E-state index contributed by atoms with van der Waals surface area (Å²) < 4.78 is 6.97. The van der Waals surface area contributed by atoms with E-state index in [0.717, 1.165) is 17.5 Å². The third-order valence-electron chi connectivity index (χ3n) is 3.33. The Labute approximate surface area is 122 Å². The fourth-order valence-corrected chi connectivity index (χ4v) is 2.16. The predicted molar refractivity (Wildman–Crippen MR) is 78.2 cm³/mol. The third-order valence-corrected chi connectivity index (χ3v) is 3.33. The number of nitrogens with two attached hydrogens (primary N) is 1. The predicted octanol–water partition coefficient (Wildman–Crippen LogP) is 2.10. The molecule has 6 heteroatoms. The molecule has 0 aliphatic carbocycles. The second-order valence-electron chi connectivity index (χ2n) is 4.97. The summed E-state index contributed by atoms with van der Waals surface area (Å²) in [5, 5.41) is 8.06. The molecule has 3 aromatic rings. The Kier molecular flexibility index (Phi) is 3.79. The van der Waals surface area contributed by atoms with Crippen molar-refractivity contribution in [3.63, 3.8) is 0 Å². The quantitative estimate of drug-likeness (QED) is 0.775. The zero-order valence-corrected chi connectivity index (χ0v) is 11.8. The van der Waals surface area contributed by atoms with Gasteiger partial charge in [0.1, 0.15) is 0 Å². The van der Waals surface area contributed by atoms with Gasteiger partial charge in [-0.3, -0.25) is 4.68 Å². The van der Waals surface area contributed by atoms with Crippen molar-refractivity contribution in [1.29, 1.82) is 0 Å². The van der Waals surface area contributed by atoms with Crippen LogP contribution in [-0.2, 0) is 13.5 Å². The highest BCUT2D eigenvalue weighted by Gasteiger charge is 2.12. The van der Waals surface area contributed by atoms with Gasteiger partial charge in [-0.25, -0.2) is 0 Å². The van der Waals surface area contributed by atoms with Crippen LogP contribution in [0.15, 0.2) is 47.2 Å². The van der Waals surface area contributed by atoms with E-state index in [9.17, 15) is 0 Å². The number of benzene rings is 1. The second-order valence-corrected chi connectivity index (χ2v) is 4.97. The van der Waals surface area contributed by atoms with Crippen molar-refractivity contribution in [3.8, 4) is 11.4 Å². The van der Waals surface area contributed by atoms with E-state index in [-0.39, 0.29) is 6.04 Å². The average Bonchev–Trinajstić information content (AvgIpc) is 3.14. The smallest absolute Gasteiger partial charge is 0.227 e. The third kappa shape index (κ3) is 3.17. The van der Waals surface area contributed by atoms with Crippen LogP contribution in [0.25, 0.3) is 11.4 Å². The minimum Gasteiger partial charge on any atom is -0.339 e. The summed E-state index contributed by atoms with van der Waals surface area (Å²) in [5.41, 5.74) is 8.12. The number of hydrogen-bond donors (Lipinski definition) is 1. The van der Waals surface area contributed by atoms with E-state index >= 15 is 0 Å². The standard InChI is InChI=1S/C15H17N5O/c1-20-10-12(9-17-20)15-18-14(21-19-15)8-7-13(16)11-5-3-2-4-6-11/h2-6,9-10,13H,7-8,16H2,1H3. The van der Waals surface area contributed by atoms with Gasteiger partial charge in [0.15, 0.2) is 0 Å². The number of hydrogen-bond acceptors (Lipinski definition) is 5. The van der Waals surface area contributed by atoms with Crippen LogP contribution in [0, 0.1) is 0 Å². The molecule has 108 valence electrons. The largest absolute Gasteiger partial charge is 0.339 e. The van der Waals surface area contributed by atoms with Gasteiger partial charge >= 0.3 is 0 Å². The van der Waals surface area contributed by atoms with Gasteiger partial charge in [-0.05, 0) is 12.0 Å². The van der Waals surface area contributed by atoms with E-state index in [1.165, 1.54) is 0 Å². The van der Waals surface area contributed by atoms with Crippen LogP contribution in [0.2, 0.25) is 0 Å². The molecule has 0 fully saturated rings. The van der Waals surface area contributed by atoms with Gasteiger partial charge in [-0.1, -0.05) is 35.5 Å². The molecule has 0 spiro atoms. The Morgan fingerprint density at radius 2 is 2.10 bits per heavy atom. The molecule has 0 saturated carbocycles. The van der Waals surface area contributed by atoms with E-state index in [2.05, 4.69) is 15.2 Å². The van der Waals surface area contributed by atoms with Gasteiger partial charge in [-0.15, -0.1) is 0 Å². The maximum atomic E-state index is 6.16. The van der Waals surface area contributed by atoms with Crippen molar-refractivity contribution < 1.29 is 4.52 Å². The Hall–Kier alpha value is -2.47. The minimum absolute atomic E-state index is 0.0278. The van der Waals surface area contributed by atoms with E-state index in [1.807, 2.05) is 43.6 Å². The van der Waals surface area contributed by atoms with Gasteiger partial charge in [0.2, 0.25) is 11.7 Å². The van der Waals surface area contributed by atoms with E-state index in [4.69, 9.17) is 10.3 Å². The molecular weight excluding hydrogens is 266 g/mol. The molecule has 0 aliphatic heterocycles. The molecule has 0 bridgehead atoms. The van der Waals surface area contributed by atoms with Crippen molar-refractivity contribution in [3.05, 3.63) is 54.2 Å². The van der Waals surface area contributed by atoms with Gasteiger partial charge in [0, 0.05) is 25.7 Å². The number of aromatic nitrogens is 4. The monoisotopic (exact) mass is 283 g/mol. The lowest BCUT2D eigenvalue weighted by atomic mass is 10.0. The molecule has 1 atom stereocenters. The first kappa shape index (κ1) is 13.5. The fraction of sp³-hybridized carbons (Fsp3) is 0.267. The number of aryl methyl sites for hydroxylation is 2. The first-order valence-corrected chi connectivity index (χ1v) is 6.84. The lowest BCUT2D eigenvalue weighted by molar-refractivity contribution is 0.372. The number of nitrogens with zero attached hydrogens (tertiary/aromatic N) is 4. The Balaban J connectivity index is 1.63. The summed E-state index contributed by atoms with van der Waals surface area (Å²) in [4.78, 5) is 4.37. The molecule has 2 heterocycles. The van der Waals surface area contributed by atoms with Crippen molar-refractivity contribution in [2.24, 2.45) is 12.8 Å². The topological polar surface area (TPSA) is 82.8 Å². The van der Waals surface area contributed by atoms with Crippen LogP contribution in [-0.4, -0.2) is 19.9 Å². The van der Waals surface area contributed by atoms with Gasteiger partial charge in [0.05, 0.1) is 11.8 Å². The molecule has 2 aromatic heterocycles. The van der Waals surface area contributed by atoms with Crippen molar-refractivity contribution >= 4 is 0 Å². The molecule has 2 N–H and O–H groups in total. The highest BCUT2D eigenvalue weighted by atomic mass is 16.5. The molecule has 0 aliphatic rings. The Bertz CT molecular complexity index is 704. The fourth-order valence-electron chi connectivity index (χ4n) is 2.16. The maximum Gasteiger partial charge on any atom is 0.227 e. The van der Waals surface area contributed by atoms with Gasteiger partial charge in [-0.2, -0.15) is 10.1 Å². The molecule has 1 unspecified atom stereocenters. The normalized spacial score (nSPS) is 12.5. The van der Waals surface area contributed by atoms with Crippen molar-refractivity contribution in [1.82, 2.24) is 19.9 Å². The Morgan fingerprint density at radius 3 is 2.81 bits per heavy atom. The summed E-state index contributed by atoms with van der Waals surface area (Å²) in [6.45, 7) is 0. The van der Waals surface area contributed by atoms with E-state index < -0.39 is 0 Å². The first-order chi connectivity index (χ1) is 10.2. The summed E-state index contributed by atoms with van der Waals surface area (Å²) in [6, 6.07) is 9.98. The van der Waals surface area contributed by atoms with E-state index in [1.54, 1.807) is 10.9 Å². The maximum absolute atomic E-state index is 6.16. The SMILES string of the molecule is Cn1cc(-c2noc(CCC(N)c3ccccc3)n2)cn1. The van der Waals surface area contributed by atoms with Crippen molar-refractivity contribution in [2.45, 2.75) is 18.9 Å². The van der Waals surface area contributed by atoms with Gasteiger partial charge < -0.3 is 10.3 Å². The van der Waals surface area contributed by atoms with Crippen LogP contribution in [0.1, 0.15) is 23.9 Å². The minimum atomic E-state index is -0.0278. The zero-order chi connectivity index (χ0) is 14.7. The number of rotatable bonds is 5. The van der Waals surface area contributed by atoms with Crippen LogP contribution < -0.4 is 5.73 Å². The summed E-state index contributed by atoms with van der Waals surface area (Å²) in [7, 11) is 1.85. The van der Waals surface area contributed by atoms with Crippen LogP contribution in [0.5, 0.6) is 0 Å². The lowest BCUT2D eigenvalue weighted by Gasteiger charge is -2.09. The zero-order valence-electron chi connectivity index (χ0n) is 11.8.